The van der Waals surface area contributed by atoms with E-state index in [4.69, 9.17) is 14.6 Å². The fraction of sp³-hybridized carbons (Fsp3) is 0.524. The van der Waals surface area contributed by atoms with Crippen LogP contribution in [0.5, 0.6) is 0 Å². The highest BCUT2D eigenvalue weighted by atomic mass is 16.7. The van der Waals surface area contributed by atoms with Crippen molar-refractivity contribution in [2.24, 2.45) is 0 Å². The van der Waals surface area contributed by atoms with Crippen LogP contribution in [-0.2, 0) is 30.5 Å². The summed E-state index contributed by atoms with van der Waals surface area (Å²) in [6, 6.07) is 6.99. The Balaban J connectivity index is 1.62. The molecular formula is C21H27N3O7. The van der Waals surface area contributed by atoms with E-state index in [2.05, 4.69) is 10.6 Å². The molecule has 3 amide bonds. The first kappa shape index (κ1) is 22.5. The SMILES string of the molecule is CC(NC(=O)O)C(=O)N1CCCCC1C(=O)NC1CC(=O)OC1OCc1ccccc1. The van der Waals surface area contributed by atoms with Gasteiger partial charge in [-0.2, -0.15) is 0 Å². The number of hydrogen-bond donors (Lipinski definition) is 3. The van der Waals surface area contributed by atoms with Gasteiger partial charge in [-0.25, -0.2) is 4.79 Å². The molecule has 2 saturated heterocycles. The van der Waals surface area contributed by atoms with Gasteiger partial charge >= 0.3 is 12.1 Å². The summed E-state index contributed by atoms with van der Waals surface area (Å²) in [5.74, 6) is -1.34. The minimum atomic E-state index is -1.31. The molecule has 2 heterocycles. The third-order valence-corrected chi connectivity index (χ3v) is 5.35. The standard InChI is InChI=1S/C21H27N3O7/c1-13(22-21(28)29)19(27)24-10-6-5-9-16(24)18(26)23-15-11-17(25)31-20(15)30-12-14-7-3-2-4-8-14/h2-4,7-8,13,15-16,20,22H,5-6,9-12H2,1H3,(H,23,26)(H,28,29). The molecule has 3 N–H and O–H groups in total. The molecule has 0 aromatic heterocycles. The van der Waals surface area contributed by atoms with Gasteiger partial charge in [0, 0.05) is 6.54 Å². The third-order valence-electron chi connectivity index (χ3n) is 5.35. The molecule has 168 valence electrons. The Morgan fingerprint density at radius 1 is 1.26 bits per heavy atom. The lowest BCUT2D eigenvalue weighted by molar-refractivity contribution is -0.168. The molecule has 4 atom stereocenters. The summed E-state index contributed by atoms with van der Waals surface area (Å²) in [5.41, 5.74) is 0.902. The van der Waals surface area contributed by atoms with Crippen LogP contribution in [0.2, 0.25) is 0 Å². The number of piperidine rings is 1. The van der Waals surface area contributed by atoms with Gasteiger partial charge in [-0.15, -0.1) is 0 Å². The average molecular weight is 433 g/mol. The summed E-state index contributed by atoms with van der Waals surface area (Å²) in [6.45, 7) is 2.02. The second kappa shape index (κ2) is 10.3. The summed E-state index contributed by atoms with van der Waals surface area (Å²) < 4.78 is 10.9. The smallest absolute Gasteiger partial charge is 0.405 e. The van der Waals surface area contributed by atoms with E-state index in [0.717, 1.165) is 18.4 Å². The Labute approximate surface area is 179 Å². The fourth-order valence-electron chi connectivity index (χ4n) is 3.80. The Hall–Kier alpha value is -3.14. The van der Waals surface area contributed by atoms with Gasteiger partial charge in [0.1, 0.15) is 18.1 Å². The zero-order chi connectivity index (χ0) is 22.4. The van der Waals surface area contributed by atoms with Crippen LogP contribution in [0.25, 0.3) is 0 Å². The number of carboxylic acid groups (broad SMARTS) is 1. The van der Waals surface area contributed by atoms with Crippen molar-refractivity contribution in [1.29, 1.82) is 0 Å². The number of carbonyl (C=O) groups is 4. The van der Waals surface area contributed by atoms with Gasteiger partial charge in [-0.3, -0.25) is 14.4 Å². The third kappa shape index (κ3) is 5.94. The molecule has 1 aromatic carbocycles. The van der Waals surface area contributed by atoms with Crippen LogP contribution in [0.4, 0.5) is 4.79 Å². The largest absolute Gasteiger partial charge is 0.465 e. The lowest BCUT2D eigenvalue weighted by Crippen LogP contribution is -2.58. The van der Waals surface area contributed by atoms with Crippen LogP contribution < -0.4 is 10.6 Å². The van der Waals surface area contributed by atoms with E-state index in [1.807, 2.05) is 30.3 Å². The molecule has 10 nitrogen and oxygen atoms in total. The number of nitrogens with zero attached hydrogens (tertiary/aromatic N) is 1. The molecule has 31 heavy (non-hydrogen) atoms. The Bertz CT molecular complexity index is 816. The minimum Gasteiger partial charge on any atom is -0.465 e. The molecule has 2 fully saturated rings. The molecule has 0 aliphatic carbocycles. The quantitative estimate of drug-likeness (QED) is 0.546. The first-order valence-corrected chi connectivity index (χ1v) is 10.3. The van der Waals surface area contributed by atoms with Crippen LogP contribution in [0.1, 0.15) is 38.2 Å². The Morgan fingerprint density at radius 2 is 2.00 bits per heavy atom. The van der Waals surface area contributed by atoms with Crippen LogP contribution >= 0.6 is 0 Å². The van der Waals surface area contributed by atoms with Crippen LogP contribution in [0.3, 0.4) is 0 Å². The van der Waals surface area contributed by atoms with Crippen LogP contribution in [0.15, 0.2) is 30.3 Å². The molecule has 0 bridgehead atoms. The van der Waals surface area contributed by atoms with E-state index in [-0.39, 0.29) is 13.0 Å². The van der Waals surface area contributed by atoms with Crippen molar-refractivity contribution >= 4 is 23.9 Å². The van der Waals surface area contributed by atoms with Gasteiger partial charge < -0.3 is 30.1 Å². The van der Waals surface area contributed by atoms with Crippen LogP contribution in [-0.4, -0.2) is 64.8 Å². The monoisotopic (exact) mass is 433 g/mol. The highest BCUT2D eigenvalue weighted by molar-refractivity contribution is 5.91. The minimum absolute atomic E-state index is 0.0250. The predicted molar refractivity (Wildman–Crippen MR) is 108 cm³/mol. The molecule has 0 radical (unpaired) electrons. The second-order valence-corrected chi connectivity index (χ2v) is 7.69. The Morgan fingerprint density at radius 3 is 2.71 bits per heavy atom. The van der Waals surface area contributed by atoms with Gasteiger partial charge in [-0.05, 0) is 31.7 Å². The molecule has 2 aliphatic heterocycles. The molecule has 0 saturated carbocycles. The number of ether oxygens (including phenoxy) is 2. The second-order valence-electron chi connectivity index (χ2n) is 7.69. The maximum atomic E-state index is 13.0. The number of likely N-dealkylation sites (tertiary alicyclic amines) is 1. The highest BCUT2D eigenvalue weighted by Gasteiger charge is 2.40. The summed E-state index contributed by atoms with van der Waals surface area (Å²) in [5, 5.41) is 13.8. The van der Waals surface area contributed by atoms with Crippen molar-refractivity contribution in [3.63, 3.8) is 0 Å². The summed E-state index contributed by atoms with van der Waals surface area (Å²) in [4.78, 5) is 49.7. The number of rotatable bonds is 7. The Kier molecular flexibility index (Phi) is 7.45. The predicted octanol–water partition coefficient (Wildman–Crippen LogP) is 0.998. The molecule has 2 aliphatic rings. The van der Waals surface area contributed by atoms with E-state index in [1.165, 1.54) is 11.8 Å². The van der Waals surface area contributed by atoms with Gasteiger partial charge in [0.15, 0.2) is 0 Å². The number of nitrogens with one attached hydrogen (secondary N) is 2. The van der Waals surface area contributed by atoms with Crippen molar-refractivity contribution < 1.29 is 33.8 Å². The van der Waals surface area contributed by atoms with Gasteiger partial charge in [-0.1, -0.05) is 30.3 Å². The van der Waals surface area contributed by atoms with Gasteiger partial charge in [0.2, 0.25) is 18.1 Å². The number of cyclic esters (lactones) is 1. The maximum Gasteiger partial charge on any atom is 0.405 e. The summed E-state index contributed by atoms with van der Waals surface area (Å²) in [6.07, 6.45) is -0.312. The molecule has 10 heteroatoms. The molecule has 4 unspecified atom stereocenters. The first-order chi connectivity index (χ1) is 14.8. The summed E-state index contributed by atoms with van der Waals surface area (Å²) >= 11 is 0. The molecular weight excluding hydrogens is 406 g/mol. The maximum absolute atomic E-state index is 13.0. The van der Waals surface area contributed by atoms with Crippen molar-refractivity contribution in [2.45, 2.75) is 63.6 Å². The van der Waals surface area contributed by atoms with Crippen molar-refractivity contribution in [3.05, 3.63) is 35.9 Å². The summed E-state index contributed by atoms with van der Waals surface area (Å²) in [7, 11) is 0. The lowest BCUT2D eigenvalue weighted by Gasteiger charge is -2.36. The van der Waals surface area contributed by atoms with E-state index in [9.17, 15) is 19.2 Å². The number of benzene rings is 1. The average Bonchev–Trinajstić information content (AvgIpc) is 3.10. The fourth-order valence-corrected chi connectivity index (χ4v) is 3.80. The molecule has 1 aromatic rings. The number of esters is 1. The topological polar surface area (TPSA) is 134 Å². The van der Waals surface area contributed by atoms with E-state index >= 15 is 0 Å². The van der Waals surface area contributed by atoms with Gasteiger partial charge in [0.05, 0.1) is 13.0 Å². The van der Waals surface area contributed by atoms with Crippen molar-refractivity contribution in [2.75, 3.05) is 6.54 Å². The van der Waals surface area contributed by atoms with E-state index in [1.54, 1.807) is 0 Å². The lowest BCUT2D eigenvalue weighted by atomic mass is 9.99. The highest BCUT2D eigenvalue weighted by Crippen LogP contribution is 2.22. The normalized spacial score (nSPS) is 24.2. The van der Waals surface area contributed by atoms with Crippen molar-refractivity contribution in [1.82, 2.24) is 15.5 Å². The molecule has 0 spiro atoms. The first-order valence-electron chi connectivity index (χ1n) is 10.3. The zero-order valence-corrected chi connectivity index (χ0v) is 17.3. The number of carbonyl (C=O) groups excluding carboxylic acids is 3. The van der Waals surface area contributed by atoms with E-state index in [0.29, 0.717) is 13.0 Å². The van der Waals surface area contributed by atoms with Crippen LogP contribution in [0, 0.1) is 0 Å². The number of amides is 3. The zero-order valence-electron chi connectivity index (χ0n) is 17.3. The number of hydrogen-bond acceptors (Lipinski definition) is 6. The molecule has 3 rings (SSSR count). The van der Waals surface area contributed by atoms with Crippen molar-refractivity contribution in [3.8, 4) is 0 Å². The van der Waals surface area contributed by atoms with Gasteiger partial charge in [0.25, 0.3) is 0 Å². The van der Waals surface area contributed by atoms with E-state index < -0.39 is 48.3 Å².